The predicted octanol–water partition coefficient (Wildman–Crippen LogP) is 2.18. The number of benzene rings is 1. The molecule has 1 aromatic heterocycles. The number of anilines is 1. The van der Waals surface area contributed by atoms with E-state index in [1.165, 1.54) is 0 Å². The third-order valence-electron chi connectivity index (χ3n) is 2.68. The van der Waals surface area contributed by atoms with Gasteiger partial charge in [-0.1, -0.05) is 18.2 Å². The van der Waals surface area contributed by atoms with Gasteiger partial charge in [0, 0.05) is 25.5 Å². The van der Waals surface area contributed by atoms with Crippen LogP contribution in [0.1, 0.15) is 17.4 Å². The fraction of sp³-hybridized carbons (Fsp3) is 0.231. The van der Waals surface area contributed by atoms with Crippen LogP contribution in [0, 0.1) is 0 Å². The molecule has 4 heteroatoms. The third-order valence-corrected chi connectivity index (χ3v) is 2.68. The Morgan fingerprint density at radius 3 is 2.65 bits per heavy atom. The van der Waals surface area contributed by atoms with E-state index in [0.29, 0.717) is 12.2 Å². The molecule has 0 aliphatic rings. The fourth-order valence-corrected chi connectivity index (χ4v) is 1.71. The number of carbonyl (C=O) groups excluding carboxylic acids is 1. The number of rotatable bonds is 3. The van der Waals surface area contributed by atoms with Gasteiger partial charge in [0.2, 0.25) is 0 Å². The van der Waals surface area contributed by atoms with Gasteiger partial charge in [0.25, 0.3) is 5.91 Å². The van der Waals surface area contributed by atoms with Crippen LogP contribution in [0.15, 0.2) is 42.6 Å². The second-order valence-electron chi connectivity index (χ2n) is 3.73. The van der Waals surface area contributed by atoms with Gasteiger partial charge >= 0.3 is 0 Å². The zero-order valence-corrected chi connectivity index (χ0v) is 10.00. The number of aryl methyl sites for hydroxylation is 1. The highest BCUT2D eigenvalue weighted by atomic mass is 16.2. The first kappa shape index (κ1) is 11.4. The molecule has 0 saturated carbocycles. The van der Waals surface area contributed by atoms with Gasteiger partial charge in [0.05, 0.1) is 0 Å². The topological polar surface area (TPSA) is 38.1 Å². The number of amides is 1. The van der Waals surface area contributed by atoms with Crippen molar-refractivity contribution in [3.05, 3.63) is 48.3 Å². The van der Waals surface area contributed by atoms with Crippen LogP contribution in [-0.4, -0.2) is 22.7 Å². The summed E-state index contributed by atoms with van der Waals surface area (Å²) < 4.78 is 1.70. The number of hydrogen-bond donors (Lipinski definition) is 0. The predicted molar refractivity (Wildman–Crippen MR) is 67.1 cm³/mol. The van der Waals surface area contributed by atoms with Gasteiger partial charge in [0.15, 0.2) is 0 Å². The van der Waals surface area contributed by atoms with Gasteiger partial charge in [-0.25, -0.2) is 0 Å². The molecule has 4 nitrogen and oxygen atoms in total. The number of carbonyl (C=O) groups is 1. The standard InChI is InChI=1S/C13H15N3O/c1-3-16-12(9-10-14-16)13(17)15(2)11-7-5-4-6-8-11/h4-10H,3H2,1-2H3. The molecular weight excluding hydrogens is 214 g/mol. The van der Waals surface area contributed by atoms with Crippen molar-refractivity contribution < 1.29 is 4.79 Å². The minimum atomic E-state index is -0.0458. The Morgan fingerprint density at radius 2 is 2.00 bits per heavy atom. The van der Waals surface area contributed by atoms with Gasteiger partial charge in [0.1, 0.15) is 5.69 Å². The van der Waals surface area contributed by atoms with Crippen LogP contribution in [0.3, 0.4) is 0 Å². The van der Waals surface area contributed by atoms with E-state index in [4.69, 9.17) is 0 Å². The average Bonchev–Trinajstić information content (AvgIpc) is 2.86. The van der Waals surface area contributed by atoms with Crippen LogP contribution in [0.2, 0.25) is 0 Å². The molecule has 17 heavy (non-hydrogen) atoms. The molecule has 1 aromatic carbocycles. The summed E-state index contributed by atoms with van der Waals surface area (Å²) in [4.78, 5) is 13.9. The van der Waals surface area contributed by atoms with E-state index >= 15 is 0 Å². The summed E-state index contributed by atoms with van der Waals surface area (Å²) in [6.07, 6.45) is 1.65. The van der Waals surface area contributed by atoms with Crippen molar-refractivity contribution in [3.8, 4) is 0 Å². The van der Waals surface area contributed by atoms with E-state index in [9.17, 15) is 4.79 Å². The monoisotopic (exact) mass is 229 g/mol. The lowest BCUT2D eigenvalue weighted by atomic mass is 10.2. The molecular formula is C13H15N3O. The smallest absolute Gasteiger partial charge is 0.276 e. The number of para-hydroxylation sites is 1. The maximum atomic E-state index is 12.3. The SMILES string of the molecule is CCn1nccc1C(=O)N(C)c1ccccc1. The summed E-state index contributed by atoms with van der Waals surface area (Å²) in [5.41, 5.74) is 1.49. The van der Waals surface area contributed by atoms with E-state index < -0.39 is 0 Å². The minimum Gasteiger partial charge on any atom is -0.310 e. The van der Waals surface area contributed by atoms with E-state index in [1.54, 1.807) is 28.9 Å². The lowest BCUT2D eigenvalue weighted by Crippen LogP contribution is -2.28. The lowest BCUT2D eigenvalue weighted by Gasteiger charge is -2.17. The summed E-state index contributed by atoms with van der Waals surface area (Å²) in [6.45, 7) is 2.66. The normalized spacial score (nSPS) is 10.2. The van der Waals surface area contributed by atoms with Crippen molar-refractivity contribution in [2.45, 2.75) is 13.5 Å². The lowest BCUT2D eigenvalue weighted by molar-refractivity contribution is 0.0983. The molecule has 0 aliphatic heterocycles. The largest absolute Gasteiger partial charge is 0.310 e. The molecule has 0 radical (unpaired) electrons. The first-order chi connectivity index (χ1) is 8.24. The fourth-order valence-electron chi connectivity index (χ4n) is 1.71. The first-order valence-corrected chi connectivity index (χ1v) is 5.59. The van der Waals surface area contributed by atoms with Gasteiger partial charge in [-0.2, -0.15) is 5.10 Å². The number of aromatic nitrogens is 2. The highest BCUT2D eigenvalue weighted by Gasteiger charge is 2.16. The molecule has 2 aromatic rings. The van der Waals surface area contributed by atoms with E-state index in [0.717, 1.165) is 5.69 Å². The molecule has 0 fully saturated rings. The molecule has 0 bridgehead atoms. The van der Waals surface area contributed by atoms with E-state index in [-0.39, 0.29) is 5.91 Å². The van der Waals surface area contributed by atoms with Crippen molar-refractivity contribution in [2.75, 3.05) is 11.9 Å². The summed E-state index contributed by atoms with van der Waals surface area (Å²) in [6, 6.07) is 11.3. The van der Waals surface area contributed by atoms with E-state index in [2.05, 4.69) is 5.10 Å². The molecule has 0 unspecified atom stereocenters. The van der Waals surface area contributed by atoms with Gasteiger partial charge in [-0.05, 0) is 25.1 Å². The van der Waals surface area contributed by atoms with Crippen LogP contribution in [0.4, 0.5) is 5.69 Å². The highest BCUT2D eigenvalue weighted by Crippen LogP contribution is 2.14. The zero-order valence-electron chi connectivity index (χ0n) is 10.00. The second-order valence-corrected chi connectivity index (χ2v) is 3.73. The molecule has 2 rings (SSSR count). The van der Waals surface area contributed by atoms with Crippen molar-refractivity contribution in [3.63, 3.8) is 0 Å². The quantitative estimate of drug-likeness (QED) is 0.809. The molecule has 0 spiro atoms. The van der Waals surface area contributed by atoms with Gasteiger partial charge in [-0.15, -0.1) is 0 Å². The first-order valence-electron chi connectivity index (χ1n) is 5.59. The Hall–Kier alpha value is -2.10. The van der Waals surface area contributed by atoms with Crippen LogP contribution >= 0.6 is 0 Å². The highest BCUT2D eigenvalue weighted by molar-refractivity contribution is 6.04. The molecule has 0 saturated heterocycles. The number of hydrogen-bond acceptors (Lipinski definition) is 2. The summed E-state index contributed by atoms with van der Waals surface area (Å²) in [5, 5.41) is 4.10. The van der Waals surface area contributed by atoms with Crippen molar-refractivity contribution in [1.29, 1.82) is 0 Å². The van der Waals surface area contributed by atoms with Crippen molar-refractivity contribution in [1.82, 2.24) is 9.78 Å². The van der Waals surface area contributed by atoms with Gasteiger partial charge in [-0.3, -0.25) is 9.48 Å². The van der Waals surface area contributed by atoms with Crippen LogP contribution < -0.4 is 4.90 Å². The Labute approximate surface area is 100 Å². The molecule has 1 heterocycles. The Balaban J connectivity index is 2.27. The Kier molecular flexibility index (Phi) is 3.23. The molecule has 0 atom stereocenters. The Bertz CT molecular complexity index is 504. The van der Waals surface area contributed by atoms with Crippen LogP contribution in [0.25, 0.3) is 0 Å². The maximum absolute atomic E-state index is 12.3. The summed E-state index contributed by atoms with van der Waals surface area (Å²) in [7, 11) is 1.77. The molecule has 1 amide bonds. The van der Waals surface area contributed by atoms with E-state index in [1.807, 2.05) is 37.3 Å². The molecule has 88 valence electrons. The van der Waals surface area contributed by atoms with Gasteiger partial charge < -0.3 is 4.90 Å². The zero-order chi connectivity index (χ0) is 12.3. The van der Waals surface area contributed by atoms with Crippen LogP contribution in [-0.2, 0) is 6.54 Å². The minimum absolute atomic E-state index is 0.0458. The van der Waals surface area contributed by atoms with Crippen molar-refractivity contribution >= 4 is 11.6 Å². The van der Waals surface area contributed by atoms with Crippen LogP contribution in [0.5, 0.6) is 0 Å². The number of nitrogens with zero attached hydrogens (tertiary/aromatic N) is 3. The molecule has 0 aliphatic carbocycles. The molecule has 0 N–H and O–H groups in total. The average molecular weight is 229 g/mol. The Morgan fingerprint density at radius 1 is 1.29 bits per heavy atom. The maximum Gasteiger partial charge on any atom is 0.276 e. The summed E-state index contributed by atoms with van der Waals surface area (Å²) in [5.74, 6) is -0.0458. The third kappa shape index (κ3) is 2.20. The van der Waals surface area contributed by atoms with Crippen molar-refractivity contribution in [2.24, 2.45) is 0 Å². The second kappa shape index (κ2) is 4.82. The summed E-state index contributed by atoms with van der Waals surface area (Å²) >= 11 is 0.